The molecule has 2 aromatic rings. The summed E-state index contributed by atoms with van der Waals surface area (Å²) < 4.78 is 0. The van der Waals surface area contributed by atoms with Crippen molar-refractivity contribution in [2.75, 3.05) is 31.3 Å². The molecule has 6 nitrogen and oxygen atoms in total. The molecule has 0 saturated carbocycles. The first-order chi connectivity index (χ1) is 13.0. The molecule has 27 heavy (non-hydrogen) atoms. The summed E-state index contributed by atoms with van der Waals surface area (Å²) in [5.74, 6) is -0.250. The van der Waals surface area contributed by atoms with E-state index in [-0.39, 0.29) is 30.0 Å². The van der Waals surface area contributed by atoms with Crippen molar-refractivity contribution in [1.82, 2.24) is 10.2 Å². The number of fused-ring (bicyclic) bond motifs is 1. The Hall–Kier alpha value is -2.80. The third kappa shape index (κ3) is 4.49. The molecule has 1 heterocycles. The highest BCUT2D eigenvalue weighted by molar-refractivity contribution is 8.00. The van der Waals surface area contributed by atoms with Crippen molar-refractivity contribution in [1.29, 1.82) is 0 Å². The molecular formula is C20H21N3O3S. The van der Waals surface area contributed by atoms with E-state index in [1.54, 1.807) is 26.2 Å². The zero-order chi connectivity index (χ0) is 19.4. The fraction of sp³-hybridized carbons (Fsp3) is 0.250. The van der Waals surface area contributed by atoms with E-state index in [0.717, 1.165) is 10.5 Å². The Balaban J connectivity index is 1.75. The van der Waals surface area contributed by atoms with E-state index in [4.69, 9.17) is 0 Å². The Morgan fingerprint density at radius 1 is 1.15 bits per heavy atom. The first kappa shape index (κ1) is 19.0. The maximum absolute atomic E-state index is 12.4. The van der Waals surface area contributed by atoms with Crippen molar-refractivity contribution in [2.45, 2.75) is 11.4 Å². The van der Waals surface area contributed by atoms with Gasteiger partial charge in [-0.2, -0.15) is 0 Å². The van der Waals surface area contributed by atoms with Gasteiger partial charge in [0.2, 0.25) is 11.8 Å². The molecule has 2 aromatic carbocycles. The number of anilines is 1. The van der Waals surface area contributed by atoms with Crippen molar-refractivity contribution in [3.8, 4) is 0 Å². The quantitative estimate of drug-likeness (QED) is 0.859. The number of nitrogens with one attached hydrogen (secondary N) is 1. The predicted molar refractivity (Wildman–Crippen MR) is 106 cm³/mol. The maximum Gasteiger partial charge on any atom is 0.253 e. The summed E-state index contributed by atoms with van der Waals surface area (Å²) in [6, 6.07) is 14.9. The average Bonchev–Trinajstić information content (AvgIpc) is 2.68. The van der Waals surface area contributed by atoms with Crippen LogP contribution in [0.3, 0.4) is 0 Å². The topological polar surface area (TPSA) is 69.7 Å². The van der Waals surface area contributed by atoms with Crippen molar-refractivity contribution in [3.63, 3.8) is 0 Å². The van der Waals surface area contributed by atoms with Crippen LogP contribution in [0.1, 0.15) is 15.9 Å². The standard InChI is InChI=1S/C20H21N3O3S/c1-22(2)20(26)15-8-9-17-16(10-15)23(19(25)13-27-17)12-18(24)21-11-14-6-4-3-5-7-14/h3-10H,11-13H2,1-2H3,(H,21,24). The molecule has 0 atom stereocenters. The highest BCUT2D eigenvalue weighted by atomic mass is 32.2. The van der Waals surface area contributed by atoms with Crippen LogP contribution in [0, 0.1) is 0 Å². The van der Waals surface area contributed by atoms with Crippen molar-refractivity contribution < 1.29 is 14.4 Å². The second-order valence-electron chi connectivity index (χ2n) is 6.41. The number of amides is 3. The van der Waals surface area contributed by atoms with E-state index in [0.29, 0.717) is 17.8 Å². The Kier molecular flexibility index (Phi) is 5.81. The molecule has 0 aliphatic carbocycles. The second kappa shape index (κ2) is 8.26. The molecule has 0 unspecified atom stereocenters. The minimum atomic E-state index is -0.241. The van der Waals surface area contributed by atoms with Gasteiger partial charge < -0.3 is 15.1 Å². The molecule has 3 rings (SSSR count). The van der Waals surface area contributed by atoms with E-state index in [1.807, 2.05) is 36.4 Å². The largest absolute Gasteiger partial charge is 0.350 e. The van der Waals surface area contributed by atoms with Gasteiger partial charge in [0, 0.05) is 31.1 Å². The number of benzene rings is 2. The maximum atomic E-state index is 12.4. The zero-order valence-electron chi connectivity index (χ0n) is 15.3. The Labute approximate surface area is 162 Å². The third-order valence-electron chi connectivity index (χ3n) is 4.19. The van der Waals surface area contributed by atoms with Gasteiger partial charge in [0.25, 0.3) is 5.91 Å². The summed E-state index contributed by atoms with van der Waals surface area (Å²) in [4.78, 5) is 40.9. The minimum absolute atomic E-state index is 0.0706. The fourth-order valence-corrected chi connectivity index (χ4v) is 3.68. The summed E-state index contributed by atoms with van der Waals surface area (Å²) in [5, 5.41) is 2.84. The molecule has 1 N–H and O–H groups in total. The summed E-state index contributed by atoms with van der Waals surface area (Å²) in [6.07, 6.45) is 0. The summed E-state index contributed by atoms with van der Waals surface area (Å²) in [5.41, 5.74) is 2.09. The molecule has 140 valence electrons. The predicted octanol–water partition coefficient (Wildman–Crippen LogP) is 2.14. The number of rotatable bonds is 5. The lowest BCUT2D eigenvalue weighted by Crippen LogP contribution is -2.43. The van der Waals surface area contributed by atoms with Crippen LogP contribution < -0.4 is 10.2 Å². The Morgan fingerprint density at radius 2 is 1.89 bits per heavy atom. The number of carbonyl (C=O) groups excluding carboxylic acids is 3. The first-order valence-corrected chi connectivity index (χ1v) is 9.54. The summed E-state index contributed by atoms with van der Waals surface area (Å²) >= 11 is 1.42. The fourth-order valence-electron chi connectivity index (χ4n) is 2.76. The lowest BCUT2D eigenvalue weighted by atomic mass is 10.1. The summed E-state index contributed by atoms with van der Waals surface area (Å²) in [7, 11) is 3.35. The summed E-state index contributed by atoms with van der Waals surface area (Å²) in [6.45, 7) is 0.335. The SMILES string of the molecule is CN(C)C(=O)c1ccc2c(c1)N(CC(=O)NCc1ccccc1)C(=O)CS2. The molecule has 0 bridgehead atoms. The van der Waals surface area contributed by atoms with Crippen LogP contribution in [0.25, 0.3) is 0 Å². The van der Waals surface area contributed by atoms with E-state index >= 15 is 0 Å². The van der Waals surface area contributed by atoms with Gasteiger partial charge in [0.1, 0.15) is 6.54 Å². The number of carbonyl (C=O) groups is 3. The lowest BCUT2D eigenvalue weighted by molar-refractivity contribution is -0.123. The minimum Gasteiger partial charge on any atom is -0.350 e. The van der Waals surface area contributed by atoms with Crippen molar-refractivity contribution >= 4 is 35.2 Å². The Morgan fingerprint density at radius 3 is 2.59 bits per heavy atom. The van der Waals surface area contributed by atoms with Gasteiger partial charge >= 0.3 is 0 Å². The molecule has 1 aliphatic rings. The normalized spacial score (nSPS) is 13.1. The van der Waals surface area contributed by atoms with Crippen LogP contribution in [0.2, 0.25) is 0 Å². The molecule has 0 radical (unpaired) electrons. The van der Waals surface area contributed by atoms with Crippen LogP contribution in [0.15, 0.2) is 53.4 Å². The third-order valence-corrected chi connectivity index (χ3v) is 5.24. The van der Waals surface area contributed by atoms with Crippen LogP contribution in [-0.4, -0.2) is 49.0 Å². The van der Waals surface area contributed by atoms with Crippen LogP contribution in [-0.2, 0) is 16.1 Å². The van der Waals surface area contributed by atoms with Crippen LogP contribution >= 0.6 is 11.8 Å². The number of hydrogen-bond acceptors (Lipinski definition) is 4. The number of hydrogen-bond donors (Lipinski definition) is 1. The highest BCUT2D eigenvalue weighted by Crippen LogP contribution is 2.36. The van der Waals surface area contributed by atoms with Crippen molar-refractivity contribution in [2.24, 2.45) is 0 Å². The monoisotopic (exact) mass is 383 g/mol. The van der Waals surface area contributed by atoms with Gasteiger partial charge in [-0.3, -0.25) is 14.4 Å². The van der Waals surface area contributed by atoms with E-state index < -0.39 is 0 Å². The van der Waals surface area contributed by atoms with Crippen LogP contribution in [0.5, 0.6) is 0 Å². The van der Waals surface area contributed by atoms with Gasteiger partial charge in [-0.05, 0) is 23.8 Å². The first-order valence-electron chi connectivity index (χ1n) is 8.55. The van der Waals surface area contributed by atoms with Gasteiger partial charge in [0.05, 0.1) is 11.4 Å². The average molecular weight is 383 g/mol. The highest BCUT2D eigenvalue weighted by Gasteiger charge is 2.27. The van der Waals surface area contributed by atoms with Crippen LogP contribution in [0.4, 0.5) is 5.69 Å². The molecule has 0 aromatic heterocycles. The molecular weight excluding hydrogens is 362 g/mol. The van der Waals surface area contributed by atoms with Gasteiger partial charge in [-0.25, -0.2) is 0 Å². The smallest absolute Gasteiger partial charge is 0.253 e. The second-order valence-corrected chi connectivity index (χ2v) is 7.43. The molecule has 0 saturated heterocycles. The van der Waals surface area contributed by atoms with Gasteiger partial charge in [-0.1, -0.05) is 30.3 Å². The number of nitrogens with zero attached hydrogens (tertiary/aromatic N) is 2. The number of thioether (sulfide) groups is 1. The van der Waals surface area contributed by atoms with E-state index in [9.17, 15) is 14.4 Å². The lowest BCUT2D eigenvalue weighted by Gasteiger charge is -2.29. The molecule has 7 heteroatoms. The Bertz CT molecular complexity index is 868. The van der Waals surface area contributed by atoms with Crippen molar-refractivity contribution in [3.05, 3.63) is 59.7 Å². The molecule has 0 fully saturated rings. The van der Waals surface area contributed by atoms with Gasteiger partial charge in [-0.15, -0.1) is 11.8 Å². The molecule has 0 spiro atoms. The van der Waals surface area contributed by atoms with E-state index in [2.05, 4.69) is 5.32 Å². The molecule has 1 aliphatic heterocycles. The zero-order valence-corrected chi connectivity index (χ0v) is 16.1. The van der Waals surface area contributed by atoms with E-state index in [1.165, 1.54) is 21.6 Å². The molecule has 3 amide bonds. The van der Waals surface area contributed by atoms with Gasteiger partial charge in [0.15, 0.2) is 0 Å².